The van der Waals surface area contributed by atoms with Crippen LogP contribution in [0.2, 0.25) is 0 Å². The van der Waals surface area contributed by atoms with Gasteiger partial charge in [-0.05, 0) is 31.2 Å². The molecule has 1 saturated heterocycles. The summed E-state index contributed by atoms with van der Waals surface area (Å²) in [6, 6.07) is 4.87. The van der Waals surface area contributed by atoms with E-state index in [0.29, 0.717) is 40.0 Å². The molecule has 0 saturated carbocycles. The number of methoxy groups -OCH3 is 2. The van der Waals surface area contributed by atoms with Gasteiger partial charge in [0.05, 0.1) is 44.1 Å². The van der Waals surface area contributed by atoms with Gasteiger partial charge in [0.15, 0.2) is 16.7 Å². The third-order valence-electron chi connectivity index (χ3n) is 6.17. The fraction of sp³-hybridized carbons (Fsp3) is 0.423. The number of para-hydroxylation sites is 1. The van der Waals surface area contributed by atoms with Crippen LogP contribution in [0.15, 0.2) is 58.2 Å². The van der Waals surface area contributed by atoms with Gasteiger partial charge in [-0.15, -0.1) is 0 Å². The highest BCUT2D eigenvalue weighted by atomic mass is 32.2. The summed E-state index contributed by atoms with van der Waals surface area (Å²) in [5.74, 6) is 0.385. The lowest BCUT2D eigenvalue weighted by Gasteiger charge is -2.37. The van der Waals surface area contributed by atoms with Gasteiger partial charge in [-0.2, -0.15) is 0 Å². The number of allylic oxidation sites excluding steroid dienone is 1. The maximum absolute atomic E-state index is 13.3. The zero-order chi connectivity index (χ0) is 25.7. The Balaban J connectivity index is 1.69. The van der Waals surface area contributed by atoms with Crippen molar-refractivity contribution < 1.29 is 28.5 Å². The molecule has 9 nitrogen and oxygen atoms in total. The molecule has 3 aliphatic rings. The number of nitrogens with one attached hydrogen (secondary N) is 1. The van der Waals surface area contributed by atoms with Crippen molar-refractivity contribution >= 4 is 28.8 Å². The maximum atomic E-state index is 13.3. The molecular formula is C26H31N3O6S. The highest BCUT2D eigenvalue weighted by Crippen LogP contribution is 2.48. The summed E-state index contributed by atoms with van der Waals surface area (Å²) in [4.78, 5) is 32.7. The van der Waals surface area contributed by atoms with Gasteiger partial charge < -0.3 is 29.2 Å². The van der Waals surface area contributed by atoms with Crippen molar-refractivity contribution in [2.45, 2.75) is 38.3 Å². The lowest BCUT2D eigenvalue weighted by molar-refractivity contribution is -0.138. The molecule has 0 aliphatic carbocycles. The normalized spacial score (nSPS) is 20.9. The smallest absolute Gasteiger partial charge is 0.338 e. The van der Waals surface area contributed by atoms with Crippen LogP contribution in [0, 0.1) is 0 Å². The predicted octanol–water partition coefficient (Wildman–Crippen LogP) is 3.69. The average Bonchev–Trinajstić information content (AvgIpc) is 3.54. The standard InChI is InChI=1S/C26H31N3O6S/c1-5-11-35-25(31)22-16(2)28-26-29(23(22)19-9-6-10-20(32-3)24(19)33-4)17(15-36-26)13-21(30)27-14-18-8-7-12-34-18/h5-6,9-10,15,18,23H,1,7-8,11-14H2,2-4H3,(H,27,30)/t18-,23+/m0/s1. The van der Waals surface area contributed by atoms with Crippen molar-refractivity contribution in [1.29, 1.82) is 0 Å². The van der Waals surface area contributed by atoms with Crippen LogP contribution in [0.1, 0.15) is 37.8 Å². The summed E-state index contributed by atoms with van der Waals surface area (Å²) in [6.45, 7) is 6.69. The van der Waals surface area contributed by atoms with E-state index in [4.69, 9.17) is 18.9 Å². The van der Waals surface area contributed by atoms with Crippen molar-refractivity contribution in [3.8, 4) is 11.5 Å². The quantitative estimate of drug-likeness (QED) is 0.374. The van der Waals surface area contributed by atoms with Gasteiger partial charge in [0.2, 0.25) is 5.91 Å². The van der Waals surface area contributed by atoms with E-state index >= 15 is 0 Å². The third kappa shape index (κ3) is 5.29. The van der Waals surface area contributed by atoms with Crippen molar-refractivity contribution in [2.75, 3.05) is 34.0 Å². The lowest BCUT2D eigenvalue weighted by atomic mass is 9.92. The number of nitrogens with zero attached hydrogens (tertiary/aromatic N) is 2. The van der Waals surface area contributed by atoms with Crippen LogP contribution in [-0.2, 0) is 19.1 Å². The number of aliphatic imine (C=N–C) groups is 1. The summed E-state index contributed by atoms with van der Waals surface area (Å²) < 4.78 is 22.3. The Morgan fingerprint density at radius 3 is 2.86 bits per heavy atom. The number of rotatable bonds is 10. The Bertz CT molecular complexity index is 1120. The summed E-state index contributed by atoms with van der Waals surface area (Å²) in [5, 5.41) is 5.54. The molecular weight excluding hydrogens is 482 g/mol. The second-order valence-electron chi connectivity index (χ2n) is 8.48. The molecule has 3 heterocycles. The van der Waals surface area contributed by atoms with Crippen LogP contribution in [0.5, 0.6) is 11.5 Å². The van der Waals surface area contributed by atoms with Gasteiger partial charge >= 0.3 is 5.97 Å². The second kappa shape index (κ2) is 11.7. The molecule has 0 radical (unpaired) electrons. The predicted molar refractivity (Wildman–Crippen MR) is 138 cm³/mol. The minimum atomic E-state index is -0.632. The highest BCUT2D eigenvalue weighted by molar-refractivity contribution is 8.16. The lowest BCUT2D eigenvalue weighted by Crippen LogP contribution is -2.39. The molecule has 4 rings (SSSR count). The number of amides is 1. The summed E-state index contributed by atoms with van der Waals surface area (Å²) in [7, 11) is 3.12. The molecule has 0 unspecified atom stereocenters. The molecule has 1 N–H and O–H groups in total. The van der Waals surface area contributed by atoms with Gasteiger partial charge in [-0.3, -0.25) is 4.79 Å². The number of hydrogen-bond donors (Lipinski definition) is 1. The first kappa shape index (κ1) is 25.8. The van der Waals surface area contributed by atoms with E-state index in [-0.39, 0.29) is 25.0 Å². The first-order chi connectivity index (χ1) is 17.5. The van der Waals surface area contributed by atoms with Crippen molar-refractivity contribution in [3.63, 3.8) is 0 Å². The Morgan fingerprint density at radius 2 is 2.17 bits per heavy atom. The zero-order valence-electron chi connectivity index (χ0n) is 20.7. The summed E-state index contributed by atoms with van der Waals surface area (Å²) >= 11 is 1.41. The number of carbonyl (C=O) groups excluding carboxylic acids is 2. The van der Waals surface area contributed by atoms with E-state index < -0.39 is 12.0 Å². The van der Waals surface area contributed by atoms with E-state index in [0.717, 1.165) is 25.1 Å². The molecule has 0 aromatic heterocycles. The van der Waals surface area contributed by atoms with Crippen molar-refractivity contribution in [3.05, 3.63) is 58.8 Å². The zero-order valence-corrected chi connectivity index (χ0v) is 21.6. The molecule has 192 valence electrons. The van der Waals surface area contributed by atoms with E-state index in [2.05, 4.69) is 16.9 Å². The largest absolute Gasteiger partial charge is 0.493 e. The Hall–Kier alpha value is -3.24. The van der Waals surface area contributed by atoms with E-state index in [1.165, 1.54) is 17.8 Å². The van der Waals surface area contributed by atoms with E-state index in [1.807, 2.05) is 22.4 Å². The summed E-state index contributed by atoms with van der Waals surface area (Å²) in [6.07, 6.45) is 3.65. The maximum Gasteiger partial charge on any atom is 0.338 e. The monoisotopic (exact) mass is 513 g/mol. The molecule has 1 amide bonds. The van der Waals surface area contributed by atoms with Crippen LogP contribution in [0.4, 0.5) is 0 Å². The SMILES string of the molecule is C=CCOC(=O)C1=C(C)N=C2SC=C(CC(=O)NC[C@@H]3CCCO3)N2[C@@H]1c1cccc(OC)c1OC. The molecule has 36 heavy (non-hydrogen) atoms. The van der Waals surface area contributed by atoms with Crippen LogP contribution in [0.3, 0.4) is 0 Å². The van der Waals surface area contributed by atoms with Crippen LogP contribution in [0.25, 0.3) is 0 Å². The van der Waals surface area contributed by atoms with Gasteiger partial charge in [0.25, 0.3) is 0 Å². The van der Waals surface area contributed by atoms with Gasteiger partial charge in [-0.1, -0.05) is 36.5 Å². The minimum Gasteiger partial charge on any atom is -0.493 e. The number of amidine groups is 1. The molecule has 0 bridgehead atoms. The summed E-state index contributed by atoms with van der Waals surface area (Å²) in [5.41, 5.74) is 2.32. The topological polar surface area (TPSA) is 98.7 Å². The third-order valence-corrected chi connectivity index (χ3v) is 7.06. The van der Waals surface area contributed by atoms with Gasteiger partial charge in [0.1, 0.15) is 6.61 Å². The molecule has 1 fully saturated rings. The Labute approximate surface area is 215 Å². The molecule has 1 aromatic carbocycles. The van der Waals surface area contributed by atoms with Gasteiger partial charge in [0, 0.05) is 24.4 Å². The molecule has 2 atom stereocenters. The fourth-order valence-electron chi connectivity index (χ4n) is 4.52. The number of fused-ring (bicyclic) bond motifs is 1. The molecule has 3 aliphatic heterocycles. The first-order valence-corrected chi connectivity index (χ1v) is 12.7. The van der Waals surface area contributed by atoms with Gasteiger partial charge in [-0.25, -0.2) is 9.79 Å². The van der Waals surface area contributed by atoms with E-state index in [9.17, 15) is 9.59 Å². The molecule has 1 aromatic rings. The highest BCUT2D eigenvalue weighted by Gasteiger charge is 2.42. The second-order valence-corrected chi connectivity index (χ2v) is 9.32. The fourth-order valence-corrected chi connectivity index (χ4v) is 5.49. The number of hydrogen-bond acceptors (Lipinski definition) is 9. The minimum absolute atomic E-state index is 0.0543. The van der Waals surface area contributed by atoms with Crippen LogP contribution in [-0.4, -0.2) is 62.0 Å². The van der Waals surface area contributed by atoms with Crippen LogP contribution < -0.4 is 14.8 Å². The number of ether oxygens (including phenoxy) is 4. The number of benzene rings is 1. The first-order valence-electron chi connectivity index (χ1n) is 11.8. The van der Waals surface area contributed by atoms with E-state index in [1.54, 1.807) is 27.2 Å². The number of esters is 1. The number of carbonyl (C=O) groups is 2. The Kier molecular flexibility index (Phi) is 8.37. The van der Waals surface area contributed by atoms with Crippen LogP contribution >= 0.6 is 11.8 Å². The number of thioether (sulfide) groups is 1. The van der Waals surface area contributed by atoms with Crippen molar-refractivity contribution in [2.24, 2.45) is 4.99 Å². The Morgan fingerprint density at radius 1 is 1.33 bits per heavy atom. The van der Waals surface area contributed by atoms with Crippen molar-refractivity contribution in [1.82, 2.24) is 10.2 Å². The molecule has 10 heteroatoms. The average molecular weight is 514 g/mol. The molecule has 0 spiro atoms.